The third-order valence-electron chi connectivity index (χ3n) is 2.51. The monoisotopic (exact) mass is 155 g/mol. The zero-order valence-electron chi connectivity index (χ0n) is 6.03. The van der Waals surface area contributed by atoms with Gasteiger partial charge in [-0.2, -0.15) is 0 Å². The number of hydrogen-bond donors (Lipinski definition) is 3. The van der Waals surface area contributed by atoms with E-state index >= 15 is 0 Å². The first kappa shape index (κ1) is 7.55. The summed E-state index contributed by atoms with van der Waals surface area (Å²) in [6, 6.07) is -0.715. The van der Waals surface area contributed by atoms with Crippen molar-refractivity contribution in [3.05, 3.63) is 0 Å². The molecule has 5 heteroatoms. The molecule has 60 valence electrons. The molecule has 3 N–H and O–H groups in total. The Morgan fingerprint density at radius 2 is 2.45 bits per heavy atom. The van der Waals surface area contributed by atoms with Crippen LogP contribution in [-0.2, 0) is 4.74 Å². The third-order valence-corrected chi connectivity index (χ3v) is 2.51. The Balaban J connectivity index is 2.24. The van der Waals surface area contributed by atoms with E-state index in [1.807, 2.05) is 0 Å². The van der Waals surface area contributed by atoms with Crippen LogP contribution in [-0.4, -0.2) is 55.0 Å². The number of aliphatic hydroxyl groups excluding tert-OH is 2. The van der Waals surface area contributed by atoms with Crippen molar-refractivity contribution in [2.75, 3.05) is 13.2 Å². The Labute approximate surface area is 66.0 Å². The molecule has 4 nitrogen and oxygen atoms in total. The zero-order chi connectivity index (χ0) is 8.06. The van der Waals surface area contributed by atoms with Crippen molar-refractivity contribution in [3.63, 3.8) is 0 Å². The van der Waals surface area contributed by atoms with Crippen LogP contribution in [0, 0.1) is 0 Å². The normalized spacial score (nSPS) is 55.3. The van der Waals surface area contributed by atoms with Gasteiger partial charge in [-0.05, 0) is 0 Å². The van der Waals surface area contributed by atoms with Gasteiger partial charge in [-0.1, -0.05) is 0 Å². The lowest BCUT2D eigenvalue weighted by Gasteiger charge is -2.28. The second kappa shape index (κ2) is 2.20. The molecule has 2 aliphatic rings. The molecule has 2 fully saturated rings. The third kappa shape index (κ3) is 0.795. The van der Waals surface area contributed by atoms with Gasteiger partial charge >= 0.3 is 0 Å². The van der Waals surface area contributed by atoms with Crippen LogP contribution in [0.2, 0.25) is 0 Å². The molecule has 0 aliphatic carbocycles. The first-order valence-electron chi connectivity index (χ1n) is 3.65. The number of rotatable bonds is 1. The molecule has 0 aromatic carbocycles. The molecule has 0 unspecified atom stereocenters. The van der Waals surface area contributed by atoms with Crippen LogP contribution in [0.5, 0.6) is 0 Å². The van der Waals surface area contributed by atoms with Gasteiger partial charge in [0.25, 0.3) is 0 Å². The fourth-order valence-corrected chi connectivity index (χ4v) is 1.77. The van der Waals surface area contributed by atoms with Crippen molar-refractivity contribution >= 4 is 7.85 Å². The molecule has 2 aliphatic heterocycles. The zero-order valence-corrected chi connectivity index (χ0v) is 6.03. The van der Waals surface area contributed by atoms with E-state index in [1.54, 1.807) is 0 Å². The minimum atomic E-state index is -0.843. The molecule has 2 bridgehead atoms. The van der Waals surface area contributed by atoms with Crippen LogP contribution in [0.25, 0.3) is 0 Å². The van der Waals surface area contributed by atoms with E-state index in [1.165, 1.54) is 0 Å². The molecule has 2 radical (unpaired) electrons. The summed E-state index contributed by atoms with van der Waals surface area (Å²) in [6.07, 6.45) is -0.678. The highest BCUT2D eigenvalue weighted by atomic mass is 16.5. The van der Waals surface area contributed by atoms with Crippen LogP contribution < -0.4 is 5.32 Å². The average molecular weight is 155 g/mol. The molecule has 11 heavy (non-hydrogen) atoms. The van der Waals surface area contributed by atoms with E-state index in [-0.39, 0.29) is 12.6 Å². The summed E-state index contributed by atoms with van der Waals surface area (Å²) in [5.41, 5.74) is -0.843. The van der Waals surface area contributed by atoms with Gasteiger partial charge in [-0.3, -0.25) is 0 Å². The predicted molar refractivity (Wildman–Crippen MR) is 38.2 cm³/mol. The van der Waals surface area contributed by atoms with Crippen molar-refractivity contribution in [1.82, 2.24) is 5.32 Å². The highest BCUT2D eigenvalue weighted by Gasteiger charge is 2.57. The maximum Gasteiger partial charge on any atom is 0.130 e. The fraction of sp³-hybridized carbons (Fsp3) is 1.00. The van der Waals surface area contributed by atoms with Gasteiger partial charge in [0.2, 0.25) is 0 Å². The highest BCUT2D eigenvalue weighted by molar-refractivity contribution is 6.12. The number of aliphatic hydroxyl groups is 2. The number of ether oxygens (including phenoxy) is 1. The number of morpholine rings is 1. The van der Waals surface area contributed by atoms with Crippen molar-refractivity contribution in [3.8, 4) is 0 Å². The quantitative estimate of drug-likeness (QED) is 0.368. The van der Waals surface area contributed by atoms with Crippen LogP contribution in [0.4, 0.5) is 0 Å². The molecule has 0 aromatic rings. The van der Waals surface area contributed by atoms with Crippen molar-refractivity contribution in [2.24, 2.45) is 0 Å². The predicted octanol–water partition coefficient (Wildman–Crippen LogP) is -2.42. The molecule has 4 atom stereocenters. The van der Waals surface area contributed by atoms with E-state index in [4.69, 9.17) is 17.7 Å². The van der Waals surface area contributed by atoms with Crippen LogP contribution in [0.15, 0.2) is 0 Å². The van der Waals surface area contributed by atoms with Gasteiger partial charge in [0.15, 0.2) is 0 Å². The standard InChI is InChI=1S/C6H10BNO3/c7-5-3-4(10)6(2-9,11-5)1-8-3/h3-5,8-10H,1-2H2/t3-,4+,5-,6-/m1/s1. The van der Waals surface area contributed by atoms with Gasteiger partial charge < -0.3 is 20.3 Å². The topological polar surface area (TPSA) is 61.7 Å². The van der Waals surface area contributed by atoms with Gasteiger partial charge in [0.1, 0.15) is 19.6 Å². The molecule has 2 rings (SSSR count). The van der Waals surface area contributed by atoms with Crippen LogP contribution in [0.3, 0.4) is 0 Å². The second-order valence-corrected chi connectivity index (χ2v) is 3.16. The summed E-state index contributed by atoms with van der Waals surface area (Å²) in [7, 11) is 5.52. The van der Waals surface area contributed by atoms with Gasteiger partial charge in [-0.25, -0.2) is 0 Å². The van der Waals surface area contributed by atoms with E-state index in [2.05, 4.69) is 5.32 Å². The summed E-state index contributed by atoms with van der Waals surface area (Å²) >= 11 is 0. The molecular formula is C6H10BNO3. The lowest BCUT2D eigenvalue weighted by molar-refractivity contribution is -0.0903. The van der Waals surface area contributed by atoms with E-state index in [0.717, 1.165) is 0 Å². The molecule has 0 amide bonds. The molecule has 0 spiro atoms. The lowest BCUT2D eigenvalue weighted by Crippen LogP contribution is -2.47. The molecule has 0 saturated carbocycles. The maximum absolute atomic E-state index is 9.52. The Bertz CT molecular complexity index is 179. The Morgan fingerprint density at radius 3 is 2.73 bits per heavy atom. The smallest absolute Gasteiger partial charge is 0.130 e. The minimum absolute atomic E-state index is 0.189. The summed E-state index contributed by atoms with van der Waals surface area (Å²) in [6.45, 7) is 0.286. The highest BCUT2D eigenvalue weighted by Crippen LogP contribution is 2.34. The summed E-state index contributed by atoms with van der Waals surface area (Å²) in [4.78, 5) is 0. The minimum Gasteiger partial charge on any atom is -0.393 e. The summed E-state index contributed by atoms with van der Waals surface area (Å²) in [5.74, 6) is 0. The molecular weight excluding hydrogens is 145 g/mol. The Hall–Kier alpha value is -0.0951. The number of hydrogen-bond acceptors (Lipinski definition) is 4. The van der Waals surface area contributed by atoms with E-state index in [0.29, 0.717) is 6.54 Å². The average Bonchev–Trinajstić information content (AvgIpc) is 2.42. The van der Waals surface area contributed by atoms with Crippen molar-refractivity contribution < 1.29 is 14.9 Å². The fourth-order valence-electron chi connectivity index (χ4n) is 1.77. The van der Waals surface area contributed by atoms with Crippen LogP contribution >= 0.6 is 0 Å². The largest absolute Gasteiger partial charge is 0.393 e. The Kier molecular flexibility index (Phi) is 1.51. The van der Waals surface area contributed by atoms with E-state index in [9.17, 15) is 5.11 Å². The van der Waals surface area contributed by atoms with Crippen molar-refractivity contribution in [1.29, 1.82) is 0 Å². The molecule has 2 saturated heterocycles. The summed E-state index contributed by atoms with van der Waals surface area (Å²) in [5, 5.41) is 21.5. The first-order chi connectivity index (χ1) is 5.19. The number of fused-ring (bicyclic) bond motifs is 2. The van der Waals surface area contributed by atoms with E-state index < -0.39 is 17.7 Å². The van der Waals surface area contributed by atoms with Gasteiger partial charge in [-0.15, -0.1) is 0 Å². The first-order valence-corrected chi connectivity index (χ1v) is 3.65. The van der Waals surface area contributed by atoms with Crippen LogP contribution in [0.1, 0.15) is 0 Å². The SMILES string of the molecule is [B][C@@H]1O[C@@]2(CO)CN[C@@H]1[C@@H]2O. The molecule has 0 aromatic heterocycles. The lowest BCUT2D eigenvalue weighted by atomic mass is 9.91. The van der Waals surface area contributed by atoms with Gasteiger partial charge in [0, 0.05) is 12.5 Å². The second-order valence-electron chi connectivity index (χ2n) is 3.16. The Morgan fingerprint density at radius 1 is 1.73 bits per heavy atom. The summed E-state index contributed by atoms with van der Waals surface area (Å²) < 4.78 is 5.22. The molecule has 2 heterocycles. The maximum atomic E-state index is 9.52. The number of nitrogens with one attached hydrogen (secondary N) is 1. The van der Waals surface area contributed by atoms with Gasteiger partial charge in [0.05, 0.1) is 12.6 Å². The van der Waals surface area contributed by atoms with Crippen molar-refractivity contribution in [2.45, 2.75) is 23.8 Å².